The van der Waals surface area contributed by atoms with E-state index < -0.39 is 0 Å². The summed E-state index contributed by atoms with van der Waals surface area (Å²) in [5.41, 5.74) is 6.02. The molecule has 4 rings (SSSR count). The highest BCUT2D eigenvalue weighted by molar-refractivity contribution is 6.09. The molecule has 198 valence electrons. The van der Waals surface area contributed by atoms with Crippen LogP contribution >= 0.6 is 0 Å². The molecule has 1 heteroatoms. The van der Waals surface area contributed by atoms with Crippen molar-refractivity contribution in [2.45, 2.75) is 105 Å². The zero-order chi connectivity index (χ0) is 26.5. The molecule has 0 spiro atoms. The molecule has 1 aromatic heterocycles. The molecule has 0 aliphatic carbocycles. The number of unbranched alkanes of at least 4 members (excludes halogenated alkanes) is 3. The van der Waals surface area contributed by atoms with E-state index in [1.54, 1.807) is 0 Å². The predicted molar refractivity (Wildman–Crippen MR) is 164 cm³/mol. The largest absolute Gasteiger partial charge is 0.309 e. The molecule has 37 heavy (non-hydrogen) atoms. The molecule has 0 fully saturated rings. The summed E-state index contributed by atoms with van der Waals surface area (Å²) in [4.78, 5) is 0. The highest BCUT2D eigenvalue weighted by atomic mass is 15.0. The van der Waals surface area contributed by atoms with Crippen LogP contribution in [0.5, 0.6) is 0 Å². The summed E-state index contributed by atoms with van der Waals surface area (Å²) in [5, 5.41) is 2.65. The summed E-state index contributed by atoms with van der Waals surface area (Å²) in [6.07, 6.45) is 11.7. The molecule has 0 amide bonds. The molecule has 0 saturated carbocycles. The Kier molecular flexibility index (Phi) is 8.83. The first-order chi connectivity index (χ1) is 17.8. The van der Waals surface area contributed by atoms with Crippen LogP contribution in [0.1, 0.15) is 111 Å². The summed E-state index contributed by atoms with van der Waals surface area (Å²) < 4.78 is 2.44. The summed E-state index contributed by atoms with van der Waals surface area (Å²) in [6, 6.07) is 27.3. The first kappa shape index (κ1) is 27.5. The topological polar surface area (TPSA) is 4.93 Å². The lowest BCUT2D eigenvalue weighted by Gasteiger charge is -2.41. The zero-order valence-corrected chi connectivity index (χ0v) is 24.3. The first-order valence-electron chi connectivity index (χ1n) is 14.9. The van der Waals surface area contributed by atoms with E-state index >= 15 is 0 Å². The summed E-state index contributed by atoms with van der Waals surface area (Å²) in [5.74, 6) is 0.568. The average Bonchev–Trinajstić information content (AvgIpc) is 3.25. The molecule has 0 N–H and O–H groups in total. The van der Waals surface area contributed by atoms with Gasteiger partial charge in [0, 0.05) is 16.5 Å². The van der Waals surface area contributed by atoms with E-state index in [4.69, 9.17) is 0 Å². The molecule has 1 heterocycles. The number of benzene rings is 3. The maximum atomic E-state index is 2.55. The van der Waals surface area contributed by atoms with Crippen molar-refractivity contribution < 1.29 is 0 Å². The molecule has 1 nitrogen and oxygen atoms in total. The van der Waals surface area contributed by atoms with Crippen LogP contribution in [0, 0.1) is 10.8 Å². The lowest BCUT2D eigenvalue weighted by Crippen LogP contribution is -2.29. The van der Waals surface area contributed by atoms with Gasteiger partial charge in [0.1, 0.15) is 0 Å². The van der Waals surface area contributed by atoms with Crippen LogP contribution < -0.4 is 0 Å². The van der Waals surface area contributed by atoms with Crippen LogP contribution in [0.25, 0.3) is 27.5 Å². The van der Waals surface area contributed by atoms with Crippen molar-refractivity contribution in [3.63, 3.8) is 0 Å². The van der Waals surface area contributed by atoms with Crippen LogP contribution in [-0.4, -0.2) is 4.57 Å². The van der Waals surface area contributed by atoms with Gasteiger partial charge in [-0.1, -0.05) is 129 Å². The van der Waals surface area contributed by atoms with Crippen LogP contribution in [0.4, 0.5) is 0 Å². The molecule has 4 aromatic rings. The monoisotopic (exact) mass is 495 g/mol. The molecule has 3 aromatic carbocycles. The predicted octanol–water partition coefficient (Wildman–Crippen LogP) is 11.5. The van der Waals surface area contributed by atoms with E-state index in [1.165, 1.54) is 90.8 Å². The van der Waals surface area contributed by atoms with E-state index in [-0.39, 0.29) is 5.41 Å². The Morgan fingerprint density at radius 2 is 1.22 bits per heavy atom. The lowest BCUT2D eigenvalue weighted by molar-refractivity contribution is 0.155. The molecule has 0 radical (unpaired) electrons. The maximum Gasteiger partial charge on any atom is 0.0541 e. The Hall–Kier alpha value is -2.54. The Labute approximate surface area is 226 Å². The first-order valence-corrected chi connectivity index (χ1v) is 14.9. The number of fused-ring (bicyclic) bond motifs is 3. The smallest absolute Gasteiger partial charge is 0.0541 e. The van der Waals surface area contributed by atoms with Gasteiger partial charge in [0.05, 0.1) is 11.0 Å². The van der Waals surface area contributed by atoms with Crippen molar-refractivity contribution in [2.24, 2.45) is 10.8 Å². The van der Waals surface area contributed by atoms with Crippen LogP contribution in [0.3, 0.4) is 0 Å². The van der Waals surface area contributed by atoms with Crippen LogP contribution in [0.2, 0.25) is 0 Å². The quantitative estimate of drug-likeness (QED) is 0.162. The van der Waals surface area contributed by atoms with E-state index in [2.05, 4.69) is 119 Å². The van der Waals surface area contributed by atoms with Gasteiger partial charge in [-0.25, -0.2) is 0 Å². The fraction of sp³-hybridized carbons (Fsp3) is 0.500. The van der Waals surface area contributed by atoms with Gasteiger partial charge in [0.15, 0.2) is 0 Å². The lowest BCUT2D eigenvalue weighted by atomic mass is 9.63. The third kappa shape index (κ3) is 5.97. The number of hydrogen-bond acceptors (Lipinski definition) is 0. The molecule has 2 atom stereocenters. The number of rotatable bonds is 13. The van der Waals surface area contributed by atoms with Crippen molar-refractivity contribution in [1.82, 2.24) is 4.57 Å². The minimum atomic E-state index is 0.284. The van der Waals surface area contributed by atoms with Crippen LogP contribution in [0.15, 0.2) is 72.8 Å². The van der Waals surface area contributed by atoms with Gasteiger partial charge in [-0.2, -0.15) is 0 Å². The molecular weight excluding hydrogens is 446 g/mol. The van der Waals surface area contributed by atoms with Gasteiger partial charge in [0.25, 0.3) is 0 Å². The molecule has 0 aliphatic rings. The van der Waals surface area contributed by atoms with Gasteiger partial charge in [0.2, 0.25) is 0 Å². The molecule has 0 bridgehead atoms. The molecule has 2 unspecified atom stereocenters. The van der Waals surface area contributed by atoms with Gasteiger partial charge in [-0.05, 0) is 65.8 Å². The van der Waals surface area contributed by atoms with Crippen molar-refractivity contribution in [1.29, 1.82) is 0 Å². The van der Waals surface area contributed by atoms with Gasteiger partial charge in [-0.15, -0.1) is 0 Å². The van der Waals surface area contributed by atoms with Crippen molar-refractivity contribution in [2.75, 3.05) is 0 Å². The number of para-hydroxylation sites is 2. The minimum absolute atomic E-state index is 0.284. The Morgan fingerprint density at radius 1 is 0.649 bits per heavy atom. The highest BCUT2D eigenvalue weighted by Crippen LogP contribution is 2.49. The Balaban J connectivity index is 1.73. The highest BCUT2D eigenvalue weighted by Gasteiger charge is 2.36. The Morgan fingerprint density at radius 3 is 1.76 bits per heavy atom. The standard InChI is InChI=1S/C36H49N/c1-7-10-16-25-35(4,5)32(27-36(6,9-3)26-11-8-2)28-21-23-29(24-22-28)37-33-19-14-12-17-30(33)31-18-13-15-20-34(31)37/h12-15,17-24,32H,7-11,16,25-27H2,1-6H3. The number of nitrogens with zero attached hydrogens (tertiary/aromatic N) is 1. The summed E-state index contributed by atoms with van der Waals surface area (Å²) in [6.45, 7) is 14.7. The second-order valence-electron chi connectivity index (χ2n) is 12.4. The average molecular weight is 496 g/mol. The Bertz CT molecular complexity index is 1220. The van der Waals surface area contributed by atoms with Crippen molar-refractivity contribution >= 4 is 21.8 Å². The van der Waals surface area contributed by atoms with E-state index in [9.17, 15) is 0 Å². The summed E-state index contributed by atoms with van der Waals surface area (Å²) >= 11 is 0. The number of aromatic nitrogens is 1. The van der Waals surface area contributed by atoms with Crippen LogP contribution in [-0.2, 0) is 0 Å². The minimum Gasteiger partial charge on any atom is -0.309 e. The fourth-order valence-electron chi connectivity index (χ4n) is 6.43. The van der Waals surface area contributed by atoms with Gasteiger partial charge < -0.3 is 4.57 Å². The zero-order valence-electron chi connectivity index (χ0n) is 24.3. The van der Waals surface area contributed by atoms with Gasteiger partial charge in [-0.3, -0.25) is 0 Å². The van der Waals surface area contributed by atoms with Crippen molar-refractivity contribution in [3.8, 4) is 5.69 Å². The SMILES string of the molecule is CCCCCC(C)(C)C(CC(C)(CC)CCCC)c1ccc(-n2c3ccccc3c3ccccc32)cc1. The van der Waals surface area contributed by atoms with E-state index in [1.807, 2.05) is 0 Å². The van der Waals surface area contributed by atoms with Gasteiger partial charge >= 0.3 is 0 Å². The van der Waals surface area contributed by atoms with E-state index in [0.29, 0.717) is 11.3 Å². The fourth-order valence-corrected chi connectivity index (χ4v) is 6.43. The molecule has 0 aliphatic heterocycles. The normalized spacial score (nSPS) is 14.8. The number of hydrogen-bond donors (Lipinski definition) is 0. The second-order valence-corrected chi connectivity index (χ2v) is 12.4. The molecular formula is C36H49N. The third-order valence-corrected chi connectivity index (χ3v) is 9.19. The summed E-state index contributed by atoms with van der Waals surface area (Å²) in [7, 11) is 0. The van der Waals surface area contributed by atoms with E-state index in [0.717, 1.165) is 0 Å². The third-order valence-electron chi connectivity index (χ3n) is 9.19. The van der Waals surface area contributed by atoms with Crippen molar-refractivity contribution in [3.05, 3.63) is 78.4 Å². The second kappa shape index (κ2) is 11.9. The molecule has 0 saturated heterocycles. The maximum absolute atomic E-state index is 2.55.